The van der Waals surface area contributed by atoms with Gasteiger partial charge in [-0.05, 0) is 29.8 Å². The van der Waals surface area contributed by atoms with E-state index < -0.39 is 61.1 Å². The van der Waals surface area contributed by atoms with Gasteiger partial charge in [-0.15, -0.1) is 5.10 Å². The van der Waals surface area contributed by atoms with Crippen LogP contribution in [0.25, 0.3) is 11.6 Å². The minimum Gasteiger partial charge on any atom is -0.493 e. The Morgan fingerprint density at radius 2 is 1.50 bits per heavy atom. The first kappa shape index (κ1) is 35.5. The molecule has 16 nitrogen and oxygen atoms in total. The standard InChI is InChI=1S/C34H36N4O12/c1-18(39)46-17-29-30(47-19(2)40)31(48-20(3)41)32(49-21(4)42)34(50-29)38-16-23(35-36-38)15-37-26-10-8-7-9-24(26)25(33(37)43)13-22-11-12-27(44-5)28(14-22)45-6/h7-14,16,29-32,34H,15,17H2,1-6H3/b25-13-/t29-,30-,31+,32-,34-/m1/s1. The van der Waals surface area contributed by atoms with E-state index in [0.717, 1.165) is 26.3 Å². The number of hydrogen-bond acceptors (Lipinski definition) is 14. The SMILES string of the molecule is COc1ccc(/C=C2\C(=O)N(Cc3cn([C@@H]4O[C@H](COC(C)=O)[C@@H](OC(C)=O)[C@H](OC(C)=O)[C@H]4OC(C)=O)nn3)c3ccccc32)cc1OC. The van der Waals surface area contributed by atoms with E-state index in [0.29, 0.717) is 34.0 Å². The molecule has 1 aromatic heterocycles. The zero-order valence-corrected chi connectivity index (χ0v) is 28.2. The van der Waals surface area contributed by atoms with Gasteiger partial charge in [-0.1, -0.05) is 29.5 Å². The number of benzene rings is 2. The normalized spacial score (nSPS) is 22.0. The van der Waals surface area contributed by atoms with Crippen LogP contribution in [0.3, 0.4) is 0 Å². The second kappa shape index (κ2) is 15.2. The van der Waals surface area contributed by atoms with E-state index in [2.05, 4.69) is 10.3 Å². The number of ether oxygens (including phenoxy) is 7. The first-order valence-corrected chi connectivity index (χ1v) is 15.5. The Kier molecular flexibility index (Phi) is 10.8. The third kappa shape index (κ3) is 7.75. The molecule has 0 unspecified atom stereocenters. The molecule has 1 saturated heterocycles. The lowest BCUT2D eigenvalue weighted by molar-refractivity contribution is -0.270. The van der Waals surface area contributed by atoms with E-state index in [1.807, 2.05) is 30.3 Å². The van der Waals surface area contributed by atoms with Gasteiger partial charge in [0.05, 0.1) is 32.6 Å². The van der Waals surface area contributed by atoms with Gasteiger partial charge in [0.1, 0.15) is 18.4 Å². The van der Waals surface area contributed by atoms with Crippen molar-refractivity contribution in [3.63, 3.8) is 0 Å². The minimum atomic E-state index is -1.39. The summed E-state index contributed by atoms with van der Waals surface area (Å²) in [7, 11) is 3.07. The smallest absolute Gasteiger partial charge is 0.303 e. The lowest BCUT2D eigenvalue weighted by atomic mass is 9.97. The van der Waals surface area contributed by atoms with Gasteiger partial charge in [0.2, 0.25) is 0 Å². The Morgan fingerprint density at radius 1 is 0.840 bits per heavy atom. The van der Waals surface area contributed by atoms with Crippen LogP contribution in [0.1, 0.15) is 50.7 Å². The van der Waals surface area contributed by atoms with Crippen LogP contribution in [0.15, 0.2) is 48.7 Å². The number of amides is 1. The van der Waals surface area contributed by atoms with Crippen LogP contribution in [-0.4, -0.2) is 90.0 Å². The van der Waals surface area contributed by atoms with Crippen LogP contribution in [0.5, 0.6) is 11.5 Å². The fourth-order valence-electron chi connectivity index (χ4n) is 5.80. The number of carbonyl (C=O) groups is 5. The van der Waals surface area contributed by atoms with E-state index in [4.69, 9.17) is 33.2 Å². The molecule has 0 aliphatic carbocycles. The maximum absolute atomic E-state index is 13.9. The molecule has 50 heavy (non-hydrogen) atoms. The van der Waals surface area contributed by atoms with Crippen LogP contribution < -0.4 is 14.4 Å². The highest BCUT2D eigenvalue weighted by Crippen LogP contribution is 2.40. The molecule has 1 fully saturated rings. The van der Waals surface area contributed by atoms with Crippen molar-refractivity contribution < 1.29 is 57.1 Å². The molecule has 16 heteroatoms. The van der Waals surface area contributed by atoms with Crippen molar-refractivity contribution in [2.24, 2.45) is 0 Å². The number of nitrogens with zero attached hydrogens (tertiary/aromatic N) is 4. The molecule has 2 aliphatic rings. The van der Waals surface area contributed by atoms with E-state index in [9.17, 15) is 24.0 Å². The van der Waals surface area contributed by atoms with E-state index in [1.165, 1.54) is 32.0 Å². The van der Waals surface area contributed by atoms with Gasteiger partial charge in [-0.2, -0.15) is 0 Å². The Hall–Kier alpha value is -5.77. The summed E-state index contributed by atoms with van der Waals surface area (Å²) in [6.07, 6.45) is -3.32. The lowest BCUT2D eigenvalue weighted by Crippen LogP contribution is -2.60. The van der Waals surface area contributed by atoms with Crippen LogP contribution >= 0.6 is 0 Å². The number of aromatic nitrogens is 3. The topological polar surface area (TPSA) is 184 Å². The maximum Gasteiger partial charge on any atom is 0.303 e. The third-order valence-corrected chi connectivity index (χ3v) is 7.78. The lowest BCUT2D eigenvalue weighted by Gasteiger charge is -2.44. The predicted octanol–water partition coefficient (Wildman–Crippen LogP) is 2.64. The summed E-state index contributed by atoms with van der Waals surface area (Å²) >= 11 is 0. The summed E-state index contributed by atoms with van der Waals surface area (Å²) in [6, 6.07) is 12.6. The van der Waals surface area contributed by atoms with Gasteiger partial charge in [0, 0.05) is 38.8 Å². The first-order valence-electron chi connectivity index (χ1n) is 15.5. The summed E-state index contributed by atoms with van der Waals surface area (Å²) < 4.78 is 39.8. The zero-order chi connectivity index (χ0) is 36.1. The fraction of sp³-hybridized carbons (Fsp3) is 0.382. The second-order valence-electron chi connectivity index (χ2n) is 11.4. The molecular weight excluding hydrogens is 656 g/mol. The number of methoxy groups -OCH3 is 2. The van der Waals surface area contributed by atoms with Crippen molar-refractivity contribution in [2.75, 3.05) is 25.7 Å². The van der Waals surface area contributed by atoms with Crippen LogP contribution in [0, 0.1) is 0 Å². The van der Waals surface area contributed by atoms with Crippen molar-refractivity contribution in [1.29, 1.82) is 0 Å². The molecule has 2 aromatic carbocycles. The largest absolute Gasteiger partial charge is 0.493 e. The molecule has 3 heterocycles. The van der Waals surface area contributed by atoms with Crippen molar-refractivity contribution in [2.45, 2.75) is 64.9 Å². The minimum absolute atomic E-state index is 0.00953. The van der Waals surface area contributed by atoms with E-state index >= 15 is 0 Å². The monoisotopic (exact) mass is 692 g/mol. The average Bonchev–Trinajstić information content (AvgIpc) is 3.64. The Morgan fingerprint density at radius 3 is 2.16 bits per heavy atom. The maximum atomic E-state index is 13.9. The molecular formula is C34H36N4O12. The van der Waals surface area contributed by atoms with Gasteiger partial charge in [0.15, 0.2) is 36.0 Å². The van der Waals surface area contributed by atoms with Gasteiger partial charge in [-0.25, -0.2) is 4.68 Å². The Labute approximate surface area is 286 Å². The number of esters is 4. The first-order chi connectivity index (χ1) is 23.9. The molecule has 264 valence electrons. The van der Waals surface area contributed by atoms with Crippen LogP contribution in [0.2, 0.25) is 0 Å². The number of para-hydroxylation sites is 1. The Balaban J connectivity index is 1.47. The van der Waals surface area contributed by atoms with Gasteiger partial charge in [0.25, 0.3) is 5.91 Å². The highest BCUT2D eigenvalue weighted by molar-refractivity contribution is 6.35. The van der Waals surface area contributed by atoms with Crippen molar-refractivity contribution in [3.8, 4) is 11.5 Å². The molecule has 5 rings (SSSR count). The quantitative estimate of drug-likeness (QED) is 0.162. The van der Waals surface area contributed by atoms with Gasteiger partial charge >= 0.3 is 23.9 Å². The summed E-state index contributed by atoms with van der Waals surface area (Å²) in [5.74, 6) is -2.14. The predicted molar refractivity (Wildman–Crippen MR) is 172 cm³/mol. The molecule has 2 aliphatic heterocycles. The number of anilines is 1. The van der Waals surface area contributed by atoms with Crippen LogP contribution in [0.4, 0.5) is 5.69 Å². The van der Waals surface area contributed by atoms with Crippen molar-refractivity contribution >= 4 is 47.1 Å². The highest BCUT2D eigenvalue weighted by Gasteiger charge is 2.53. The second-order valence-corrected chi connectivity index (χ2v) is 11.4. The average molecular weight is 693 g/mol. The summed E-state index contributed by atoms with van der Waals surface area (Å²) in [5, 5.41) is 8.44. The van der Waals surface area contributed by atoms with E-state index in [1.54, 1.807) is 23.1 Å². The summed E-state index contributed by atoms with van der Waals surface area (Å²) in [5.41, 5.74) is 2.84. The third-order valence-electron chi connectivity index (χ3n) is 7.78. The van der Waals surface area contributed by atoms with Crippen molar-refractivity contribution in [1.82, 2.24) is 15.0 Å². The molecule has 0 saturated carbocycles. The molecule has 1 amide bonds. The van der Waals surface area contributed by atoms with Gasteiger partial charge < -0.3 is 38.1 Å². The molecule has 5 atom stereocenters. The number of rotatable bonds is 11. The molecule has 0 radical (unpaired) electrons. The molecule has 0 bridgehead atoms. The zero-order valence-electron chi connectivity index (χ0n) is 28.2. The van der Waals surface area contributed by atoms with Crippen LogP contribution in [-0.2, 0) is 54.2 Å². The fourth-order valence-corrected chi connectivity index (χ4v) is 5.80. The summed E-state index contributed by atoms with van der Waals surface area (Å²) in [4.78, 5) is 63.7. The number of fused-ring (bicyclic) bond motifs is 1. The summed E-state index contributed by atoms with van der Waals surface area (Å²) in [6.45, 7) is 4.19. The molecule has 3 aromatic rings. The van der Waals surface area contributed by atoms with E-state index in [-0.39, 0.29) is 12.5 Å². The number of carbonyl (C=O) groups excluding carboxylic acids is 5. The highest BCUT2D eigenvalue weighted by atomic mass is 16.7. The van der Waals surface area contributed by atoms with Gasteiger partial charge in [-0.3, -0.25) is 24.0 Å². The molecule has 0 spiro atoms. The number of hydrogen-bond donors (Lipinski definition) is 0. The van der Waals surface area contributed by atoms with Crippen molar-refractivity contribution in [3.05, 3.63) is 65.5 Å². The molecule has 0 N–H and O–H groups in total. The Bertz CT molecular complexity index is 1820.